The summed E-state index contributed by atoms with van der Waals surface area (Å²) >= 11 is 0. The van der Waals surface area contributed by atoms with Gasteiger partial charge < -0.3 is 4.98 Å². The number of aromatic nitrogens is 2. The van der Waals surface area contributed by atoms with Gasteiger partial charge in [-0.05, 0) is 24.6 Å². The molecular formula is C11H13N3O4S2. The Kier molecular flexibility index (Phi) is 3.57. The van der Waals surface area contributed by atoms with E-state index in [0.717, 1.165) is 12.5 Å². The van der Waals surface area contributed by atoms with Crippen molar-refractivity contribution in [1.82, 2.24) is 9.97 Å². The number of hydrogen-bond acceptors (Lipinski definition) is 5. The highest BCUT2D eigenvalue weighted by Crippen LogP contribution is 2.22. The molecule has 0 saturated carbocycles. The van der Waals surface area contributed by atoms with E-state index in [1.807, 2.05) is 0 Å². The molecule has 0 unspecified atom stereocenters. The summed E-state index contributed by atoms with van der Waals surface area (Å²) in [6.07, 6.45) is 3.47. The van der Waals surface area contributed by atoms with Crippen molar-refractivity contribution in [3.8, 4) is 0 Å². The zero-order chi connectivity index (χ0) is 15.0. The Bertz CT molecular complexity index is 825. The molecule has 108 valence electrons. The highest BCUT2D eigenvalue weighted by Gasteiger charge is 2.18. The van der Waals surface area contributed by atoms with E-state index in [4.69, 9.17) is 0 Å². The first-order valence-corrected chi connectivity index (χ1v) is 8.89. The Balaban J connectivity index is 2.44. The molecule has 0 saturated heterocycles. The molecule has 1 aromatic carbocycles. The third kappa shape index (κ3) is 2.99. The minimum atomic E-state index is -3.82. The molecule has 0 spiro atoms. The van der Waals surface area contributed by atoms with Gasteiger partial charge in [0, 0.05) is 6.26 Å². The summed E-state index contributed by atoms with van der Waals surface area (Å²) in [5.41, 5.74) is 0.822. The van der Waals surface area contributed by atoms with Gasteiger partial charge in [-0.2, -0.15) is 8.42 Å². The van der Waals surface area contributed by atoms with Crippen molar-refractivity contribution in [2.75, 3.05) is 11.0 Å². The van der Waals surface area contributed by atoms with E-state index in [2.05, 4.69) is 14.7 Å². The number of benzene rings is 1. The second-order valence-electron chi connectivity index (χ2n) is 4.27. The maximum Gasteiger partial charge on any atom is 0.278 e. The number of H-pyrrole nitrogens is 1. The fraction of sp³-hybridized carbons (Fsp3) is 0.182. The normalized spacial score (nSPS) is 12.3. The average molecular weight is 315 g/mol. The quantitative estimate of drug-likeness (QED) is 0.872. The van der Waals surface area contributed by atoms with Gasteiger partial charge in [0.1, 0.15) is 0 Å². The molecule has 0 aliphatic heterocycles. The topological polar surface area (TPSA) is 109 Å². The first-order chi connectivity index (χ1) is 9.20. The summed E-state index contributed by atoms with van der Waals surface area (Å²) < 4.78 is 49.4. The number of sulfonamides is 1. The second-order valence-corrected chi connectivity index (χ2v) is 7.94. The fourth-order valence-electron chi connectivity index (χ4n) is 1.53. The first kappa shape index (κ1) is 14.5. The fourth-order valence-corrected chi connectivity index (χ4v) is 3.21. The lowest BCUT2D eigenvalue weighted by molar-refractivity contribution is 0.597. The van der Waals surface area contributed by atoms with Gasteiger partial charge in [-0.1, -0.05) is 6.07 Å². The van der Waals surface area contributed by atoms with E-state index in [9.17, 15) is 16.8 Å². The molecular weight excluding hydrogens is 302 g/mol. The van der Waals surface area contributed by atoms with Gasteiger partial charge in [0.2, 0.25) is 0 Å². The average Bonchev–Trinajstić information content (AvgIpc) is 2.84. The summed E-state index contributed by atoms with van der Waals surface area (Å²) in [6.45, 7) is 1.68. The van der Waals surface area contributed by atoms with Crippen molar-refractivity contribution in [3.63, 3.8) is 0 Å². The van der Waals surface area contributed by atoms with Crippen LogP contribution < -0.4 is 4.72 Å². The van der Waals surface area contributed by atoms with Crippen molar-refractivity contribution < 1.29 is 16.8 Å². The number of nitrogens with one attached hydrogen (secondary N) is 2. The SMILES string of the molecule is Cc1ccc(S(C)(=O)=O)cc1NS(=O)(=O)c1cnc[nH]1. The highest BCUT2D eigenvalue weighted by atomic mass is 32.2. The number of rotatable bonds is 4. The summed E-state index contributed by atoms with van der Waals surface area (Å²) in [6, 6.07) is 4.26. The zero-order valence-electron chi connectivity index (χ0n) is 10.8. The molecule has 0 radical (unpaired) electrons. The van der Waals surface area contributed by atoms with Gasteiger partial charge in [-0.15, -0.1) is 0 Å². The number of aromatic amines is 1. The van der Waals surface area contributed by atoms with Crippen LogP contribution in [0.15, 0.2) is 40.6 Å². The standard InChI is InChI=1S/C11H13N3O4S2/c1-8-3-4-9(19(2,15)16)5-10(8)14-20(17,18)11-6-12-7-13-11/h3-7,14H,1-2H3,(H,12,13). The molecule has 0 aliphatic carbocycles. The van der Waals surface area contributed by atoms with Crippen molar-refractivity contribution >= 4 is 25.5 Å². The monoisotopic (exact) mass is 315 g/mol. The maximum absolute atomic E-state index is 12.0. The van der Waals surface area contributed by atoms with Crippen molar-refractivity contribution in [1.29, 1.82) is 0 Å². The van der Waals surface area contributed by atoms with Crippen LogP contribution in [0.5, 0.6) is 0 Å². The van der Waals surface area contributed by atoms with E-state index in [0.29, 0.717) is 5.56 Å². The first-order valence-electron chi connectivity index (χ1n) is 5.52. The van der Waals surface area contributed by atoms with Crippen LogP contribution in [-0.2, 0) is 19.9 Å². The van der Waals surface area contributed by atoms with Crippen LogP contribution in [0.2, 0.25) is 0 Å². The molecule has 1 aromatic heterocycles. The predicted molar refractivity (Wildman–Crippen MR) is 73.7 cm³/mol. The molecule has 20 heavy (non-hydrogen) atoms. The Hall–Kier alpha value is -1.87. The minimum absolute atomic E-state index is 0.0467. The lowest BCUT2D eigenvalue weighted by atomic mass is 10.2. The number of anilines is 1. The lowest BCUT2D eigenvalue weighted by Gasteiger charge is -2.10. The number of aryl methyl sites for hydroxylation is 1. The molecule has 0 atom stereocenters. The van der Waals surface area contributed by atoms with Gasteiger partial charge in [-0.3, -0.25) is 4.72 Å². The zero-order valence-corrected chi connectivity index (χ0v) is 12.4. The Morgan fingerprint density at radius 3 is 2.45 bits per heavy atom. The molecule has 0 amide bonds. The van der Waals surface area contributed by atoms with Gasteiger partial charge in [0.15, 0.2) is 14.9 Å². The predicted octanol–water partition coefficient (Wildman–Crippen LogP) is 0.922. The minimum Gasteiger partial charge on any atom is -0.334 e. The van der Waals surface area contributed by atoms with E-state index in [1.165, 1.54) is 18.5 Å². The number of nitrogens with zero attached hydrogens (tertiary/aromatic N) is 1. The van der Waals surface area contributed by atoms with Crippen LogP contribution in [0.1, 0.15) is 5.56 Å². The van der Waals surface area contributed by atoms with Crippen molar-refractivity contribution in [2.45, 2.75) is 16.8 Å². The second kappa shape index (κ2) is 4.91. The number of hydrogen-bond donors (Lipinski definition) is 2. The van der Waals surface area contributed by atoms with Gasteiger partial charge in [-0.25, -0.2) is 13.4 Å². The largest absolute Gasteiger partial charge is 0.334 e. The van der Waals surface area contributed by atoms with E-state index in [-0.39, 0.29) is 15.6 Å². The third-order valence-corrected chi connectivity index (χ3v) is 5.05. The molecule has 7 nitrogen and oxygen atoms in total. The number of imidazole rings is 1. The Morgan fingerprint density at radius 1 is 1.20 bits per heavy atom. The Labute approximate surface area is 117 Å². The Morgan fingerprint density at radius 2 is 1.90 bits per heavy atom. The molecule has 0 fully saturated rings. The maximum atomic E-state index is 12.0. The number of sulfone groups is 1. The summed E-state index contributed by atoms with van der Waals surface area (Å²) in [7, 11) is -7.22. The van der Waals surface area contributed by atoms with Crippen LogP contribution in [-0.4, -0.2) is 33.1 Å². The molecule has 1 heterocycles. The van der Waals surface area contributed by atoms with E-state index < -0.39 is 19.9 Å². The smallest absolute Gasteiger partial charge is 0.278 e. The molecule has 0 bridgehead atoms. The third-order valence-electron chi connectivity index (χ3n) is 2.64. The van der Waals surface area contributed by atoms with Gasteiger partial charge in [0.05, 0.1) is 23.1 Å². The van der Waals surface area contributed by atoms with Crippen LogP contribution in [0, 0.1) is 6.92 Å². The molecule has 2 aromatic rings. The van der Waals surface area contributed by atoms with E-state index >= 15 is 0 Å². The summed E-state index contributed by atoms with van der Waals surface area (Å²) in [4.78, 5) is 6.17. The van der Waals surface area contributed by atoms with Crippen LogP contribution in [0.4, 0.5) is 5.69 Å². The lowest BCUT2D eigenvalue weighted by Crippen LogP contribution is -2.14. The van der Waals surface area contributed by atoms with Crippen LogP contribution in [0.3, 0.4) is 0 Å². The van der Waals surface area contributed by atoms with Crippen LogP contribution >= 0.6 is 0 Å². The van der Waals surface area contributed by atoms with Crippen LogP contribution in [0.25, 0.3) is 0 Å². The van der Waals surface area contributed by atoms with Gasteiger partial charge in [0.25, 0.3) is 10.0 Å². The van der Waals surface area contributed by atoms with E-state index in [1.54, 1.807) is 13.0 Å². The van der Waals surface area contributed by atoms with Gasteiger partial charge >= 0.3 is 0 Å². The summed E-state index contributed by atoms with van der Waals surface area (Å²) in [5.74, 6) is 0. The summed E-state index contributed by atoms with van der Waals surface area (Å²) in [5, 5.41) is -0.0957. The molecule has 2 N–H and O–H groups in total. The van der Waals surface area contributed by atoms with Crippen molar-refractivity contribution in [2.24, 2.45) is 0 Å². The molecule has 9 heteroatoms. The molecule has 0 aliphatic rings. The molecule has 2 rings (SSSR count). The van der Waals surface area contributed by atoms with Crippen molar-refractivity contribution in [3.05, 3.63) is 36.3 Å². The highest BCUT2D eigenvalue weighted by molar-refractivity contribution is 7.92.